The van der Waals surface area contributed by atoms with Crippen molar-refractivity contribution in [3.8, 4) is 11.4 Å². The van der Waals surface area contributed by atoms with Crippen LogP contribution in [0.4, 0.5) is 5.69 Å². The minimum absolute atomic E-state index is 0.105. The van der Waals surface area contributed by atoms with Crippen LogP contribution in [-0.4, -0.2) is 28.3 Å². The Morgan fingerprint density at radius 3 is 2.55 bits per heavy atom. The zero-order valence-corrected chi connectivity index (χ0v) is 18.0. The van der Waals surface area contributed by atoms with E-state index in [4.69, 9.17) is 4.74 Å². The monoisotopic (exact) mass is 431 g/mol. The third kappa shape index (κ3) is 4.32. The molecule has 156 valence electrons. The molecule has 4 aromatic rings. The zero-order valence-electron chi connectivity index (χ0n) is 17.2. The number of aryl methyl sites for hydroxylation is 1. The molecule has 31 heavy (non-hydrogen) atoms. The number of nitrogens with zero attached hydrogens (tertiary/aromatic N) is 2. The summed E-state index contributed by atoms with van der Waals surface area (Å²) in [6.07, 6.45) is 0. The Hall–Kier alpha value is -3.58. The third-order valence-electron chi connectivity index (χ3n) is 4.82. The van der Waals surface area contributed by atoms with Crippen LogP contribution in [0.1, 0.15) is 5.56 Å². The molecule has 1 heterocycles. The number of carbonyl (C=O) groups is 1. The Bertz CT molecular complexity index is 1320. The number of para-hydroxylation sites is 4. The summed E-state index contributed by atoms with van der Waals surface area (Å²) in [4.78, 5) is 30.6. The summed E-state index contributed by atoms with van der Waals surface area (Å²) in [5.74, 6) is 0.482. The predicted octanol–water partition coefficient (Wildman–Crippen LogP) is 4.43. The van der Waals surface area contributed by atoms with E-state index in [1.807, 2.05) is 49.4 Å². The molecule has 0 fully saturated rings. The summed E-state index contributed by atoms with van der Waals surface area (Å²) < 4.78 is 6.97. The van der Waals surface area contributed by atoms with Gasteiger partial charge in [0.2, 0.25) is 5.91 Å². The molecule has 0 aliphatic carbocycles. The molecule has 0 bridgehead atoms. The van der Waals surface area contributed by atoms with Crippen molar-refractivity contribution >= 4 is 34.3 Å². The normalized spacial score (nSPS) is 10.8. The molecule has 3 aromatic carbocycles. The lowest BCUT2D eigenvalue weighted by molar-refractivity contribution is -0.113. The smallest absolute Gasteiger partial charge is 0.266 e. The van der Waals surface area contributed by atoms with Gasteiger partial charge in [0.25, 0.3) is 5.56 Å². The molecular weight excluding hydrogens is 410 g/mol. The molecule has 1 N–H and O–H groups in total. The molecule has 1 aromatic heterocycles. The van der Waals surface area contributed by atoms with Crippen molar-refractivity contribution in [2.45, 2.75) is 12.1 Å². The number of methoxy groups -OCH3 is 1. The second-order valence-electron chi connectivity index (χ2n) is 6.88. The topological polar surface area (TPSA) is 73.2 Å². The average molecular weight is 432 g/mol. The van der Waals surface area contributed by atoms with Gasteiger partial charge >= 0.3 is 0 Å². The number of amides is 1. The maximum atomic E-state index is 13.4. The van der Waals surface area contributed by atoms with Gasteiger partial charge in [0.05, 0.1) is 29.5 Å². The fourth-order valence-electron chi connectivity index (χ4n) is 3.27. The molecule has 0 atom stereocenters. The second kappa shape index (κ2) is 9.06. The minimum Gasteiger partial charge on any atom is -0.495 e. The highest BCUT2D eigenvalue weighted by atomic mass is 32.2. The van der Waals surface area contributed by atoms with Gasteiger partial charge in [-0.05, 0) is 42.8 Å². The highest BCUT2D eigenvalue weighted by Gasteiger charge is 2.17. The Morgan fingerprint density at radius 1 is 1.03 bits per heavy atom. The molecule has 0 radical (unpaired) electrons. The van der Waals surface area contributed by atoms with Crippen LogP contribution >= 0.6 is 11.8 Å². The second-order valence-corrected chi connectivity index (χ2v) is 7.82. The number of hydrogen-bond acceptors (Lipinski definition) is 5. The van der Waals surface area contributed by atoms with Crippen molar-refractivity contribution in [1.82, 2.24) is 9.55 Å². The van der Waals surface area contributed by atoms with Crippen molar-refractivity contribution in [2.75, 3.05) is 18.2 Å². The molecule has 0 saturated heterocycles. The van der Waals surface area contributed by atoms with Gasteiger partial charge in [-0.25, -0.2) is 4.98 Å². The van der Waals surface area contributed by atoms with Gasteiger partial charge in [0.1, 0.15) is 5.75 Å². The molecule has 0 saturated carbocycles. The van der Waals surface area contributed by atoms with Crippen LogP contribution in [0.2, 0.25) is 0 Å². The molecule has 0 spiro atoms. The molecule has 1 amide bonds. The van der Waals surface area contributed by atoms with Gasteiger partial charge in [-0.1, -0.05) is 54.2 Å². The Labute approximate surface area is 183 Å². The van der Waals surface area contributed by atoms with E-state index in [0.717, 1.165) is 11.3 Å². The number of anilines is 1. The summed E-state index contributed by atoms with van der Waals surface area (Å²) >= 11 is 1.21. The highest BCUT2D eigenvalue weighted by Crippen LogP contribution is 2.27. The number of aromatic nitrogens is 2. The average Bonchev–Trinajstić information content (AvgIpc) is 2.79. The first-order valence-electron chi connectivity index (χ1n) is 9.72. The molecule has 0 unspecified atom stereocenters. The summed E-state index contributed by atoms with van der Waals surface area (Å²) in [6, 6.07) is 22.0. The number of ether oxygens (including phenoxy) is 1. The number of thioether (sulfide) groups is 1. The molecular formula is C24H21N3O3S. The summed E-state index contributed by atoms with van der Waals surface area (Å²) in [5.41, 5.74) is 2.70. The van der Waals surface area contributed by atoms with Crippen LogP contribution in [0.15, 0.2) is 82.7 Å². The number of nitrogens with one attached hydrogen (secondary N) is 1. The highest BCUT2D eigenvalue weighted by molar-refractivity contribution is 7.99. The number of carbonyl (C=O) groups excluding carboxylic acids is 1. The zero-order chi connectivity index (χ0) is 21.8. The largest absolute Gasteiger partial charge is 0.495 e. The van der Waals surface area contributed by atoms with Crippen molar-refractivity contribution < 1.29 is 9.53 Å². The van der Waals surface area contributed by atoms with Gasteiger partial charge in [-0.15, -0.1) is 0 Å². The molecule has 7 heteroatoms. The molecule has 0 aliphatic heterocycles. The summed E-state index contributed by atoms with van der Waals surface area (Å²) in [5, 5.41) is 3.84. The van der Waals surface area contributed by atoms with E-state index < -0.39 is 0 Å². The first-order chi connectivity index (χ1) is 15.1. The van der Waals surface area contributed by atoms with Gasteiger partial charge < -0.3 is 10.1 Å². The first-order valence-corrected chi connectivity index (χ1v) is 10.7. The number of rotatable bonds is 6. The van der Waals surface area contributed by atoms with Crippen molar-refractivity contribution in [1.29, 1.82) is 0 Å². The van der Waals surface area contributed by atoms with E-state index in [1.165, 1.54) is 16.3 Å². The van der Waals surface area contributed by atoms with E-state index in [1.54, 1.807) is 37.4 Å². The van der Waals surface area contributed by atoms with E-state index in [0.29, 0.717) is 27.5 Å². The van der Waals surface area contributed by atoms with Gasteiger partial charge in [-0.3, -0.25) is 14.2 Å². The number of benzene rings is 3. The van der Waals surface area contributed by atoms with Crippen molar-refractivity contribution in [2.24, 2.45) is 0 Å². The van der Waals surface area contributed by atoms with Crippen molar-refractivity contribution in [3.63, 3.8) is 0 Å². The maximum absolute atomic E-state index is 13.4. The lowest BCUT2D eigenvalue weighted by Crippen LogP contribution is -2.23. The van der Waals surface area contributed by atoms with Gasteiger partial charge in [0.15, 0.2) is 5.16 Å². The Morgan fingerprint density at radius 2 is 1.74 bits per heavy atom. The summed E-state index contributed by atoms with van der Waals surface area (Å²) in [7, 11) is 1.56. The van der Waals surface area contributed by atoms with Crippen LogP contribution in [0.5, 0.6) is 5.75 Å². The van der Waals surface area contributed by atoms with E-state index in [2.05, 4.69) is 10.3 Å². The number of hydrogen-bond donors (Lipinski definition) is 1. The first kappa shape index (κ1) is 20.7. The molecule has 0 aliphatic rings. The SMILES string of the molecule is COc1ccccc1-n1c(SCC(=O)Nc2ccccc2C)nc2ccccc2c1=O. The van der Waals surface area contributed by atoms with Crippen LogP contribution in [0, 0.1) is 6.92 Å². The lowest BCUT2D eigenvalue weighted by Gasteiger charge is -2.15. The van der Waals surface area contributed by atoms with Gasteiger partial charge in [-0.2, -0.15) is 0 Å². The fraction of sp³-hybridized carbons (Fsp3) is 0.125. The van der Waals surface area contributed by atoms with Gasteiger partial charge in [0, 0.05) is 5.69 Å². The van der Waals surface area contributed by atoms with E-state index >= 15 is 0 Å². The van der Waals surface area contributed by atoms with E-state index in [-0.39, 0.29) is 17.2 Å². The molecule has 4 rings (SSSR count). The van der Waals surface area contributed by atoms with Crippen LogP contribution in [0.3, 0.4) is 0 Å². The fourth-order valence-corrected chi connectivity index (χ4v) is 4.07. The maximum Gasteiger partial charge on any atom is 0.266 e. The standard InChI is InChI=1S/C24H21N3O3S/c1-16-9-3-5-11-18(16)25-22(28)15-31-24-26-19-12-6-4-10-17(19)23(29)27(24)20-13-7-8-14-21(20)30-2/h3-14H,15H2,1-2H3,(H,25,28). The van der Waals surface area contributed by atoms with Crippen LogP contribution < -0.4 is 15.6 Å². The quantitative estimate of drug-likeness (QED) is 0.361. The Balaban J connectivity index is 1.72. The lowest BCUT2D eigenvalue weighted by atomic mass is 10.2. The van der Waals surface area contributed by atoms with Crippen LogP contribution in [-0.2, 0) is 4.79 Å². The minimum atomic E-state index is -0.211. The Kier molecular flexibility index (Phi) is 6.04. The number of fused-ring (bicyclic) bond motifs is 1. The van der Waals surface area contributed by atoms with Crippen LogP contribution in [0.25, 0.3) is 16.6 Å². The summed E-state index contributed by atoms with van der Waals surface area (Å²) in [6.45, 7) is 1.94. The van der Waals surface area contributed by atoms with E-state index in [9.17, 15) is 9.59 Å². The van der Waals surface area contributed by atoms with Crippen molar-refractivity contribution in [3.05, 3.63) is 88.7 Å². The molecule has 6 nitrogen and oxygen atoms in total. The third-order valence-corrected chi connectivity index (χ3v) is 5.76. The predicted molar refractivity (Wildman–Crippen MR) is 124 cm³/mol.